The first-order valence-corrected chi connectivity index (χ1v) is 27.4. The van der Waals surface area contributed by atoms with Gasteiger partial charge in [-0.15, -0.1) is 0 Å². The van der Waals surface area contributed by atoms with Gasteiger partial charge in [0.15, 0.2) is 5.75 Å². The summed E-state index contributed by atoms with van der Waals surface area (Å²) >= 11 is 3.56. The molecule has 87 heavy (non-hydrogen) atoms. The lowest BCUT2D eigenvalue weighted by Gasteiger charge is -2.13. The number of halogens is 4. The Balaban J connectivity index is 0.000000153. The summed E-state index contributed by atoms with van der Waals surface area (Å²) < 4.78 is 62.2. The van der Waals surface area contributed by atoms with Gasteiger partial charge in [0, 0.05) is 75.0 Å². The summed E-state index contributed by atoms with van der Waals surface area (Å²) in [6, 6.07) is 22.7. The van der Waals surface area contributed by atoms with Gasteiger partial charge in [0.1, 0.15) is 34.3 Å². The van der Waals surface area contributed by atoms with E-state index in [1.165, 1.54) is 4.57 Å². The summed E-state index contributed by atoms with van der Waals surface area (Å²) in [6.45, 7) is 16.9. The number of nitrogens with one attached hydrogen (secondary N) is 2. The number of hydrogen-bond acceptors (Lipinski definition) is 16. The fourth-order valence-electron chi connectivity index (χ4n) is 9.82. The number of benzene rings is 3. The maximum absolute atomic E-state index is 12.5. The van der Waals surface area contributed by atoms with Crippen molar-refractivity contribution in [3.8, 4) is 50.6 Å². The molecule has 12 rings (SSSR count). The summed E-state index contributed by atoms with van der Waals surface area (Å²) in [7, 11) is 8.81. The van der Waals surface area contributed by atoms with Crippen LogP contribution in [0.4, 0.5) is 24.5 Å². The van der Waals surface area contributed by atoms with Crippen LogP contribution in [0.5, 0.6) is 17.2 Å². The van der Waals surface area contributed by atoms with Gasteiger partial charge >= 0.3 is 23.2 Å². The number of nitrogens with zero attached hydrogens (tertiary/aromatic N) is 11. The Labute approximate surface area is 502 Å². The smallest absolute Gasteiger partial charge is 0.446 e. The highest BCUT2D eigenvalue weighted by atomic mass is 79.9. The van der Waals surface area contributed by atoms with E-state index in [2.05, 4.69) is 56.7 Å². The van der Waals surface area contributed by atoms with Crippen LogP contribution in [0.3, 0.4) is 0 Å². The molecule has 22 nitrogen and oxygen atoms in total. The number of aromatic nitrogens is 12. The van der Waals surface area contributed by atoms with E-state index in [0.29, 0.717) is 34.0 Å². The second kappa shape index (κ2) is 25.6. The van der Waals surface area contributed by atoms with Gasteiger partial charge in [0.2, 0.25) is 6.29 Å². The predicted molar refractivity (Wildman–Crippen MR) is 327 cm³/mol. The van der Waals surface area contributed by atoms with Crippen LogP contribution in [-0.2, 0) is 40.0 Å². The van der Waals surface area contributed by atoms with Crippen molar-refractivity contribution in [2.24, 2.45) is 35.2 Å². The highest BCUT2D eigenvalue weighted by molar-refractivity contribution is 9.10. The van der Waals surface area contributed by atoms with Crippen molar-refractivity contribution in [2.75, 3.05) is 5.32 Å². The molecule has 0 saturated heterocycles. The number of pyridine rings is 3. The molecule has 0 unspecified atom stereocenters. The molecule has 0 fully saturated rings. The second-order valence-electron chi connectivity index (χ2n) is 20.2. The fraction of sp³-hybridized carbons (Fsp3) is 0.246. The molecule has 0 aliphatic rings. The largest absolute Gasteiger partial charge is 0.506 e. The standard InChI is InChI=1S/C20H21N5O2.C19H18N4O3.C14H14BrN3O2.C6H7NO.C2HF3O/c1-11-15(7-6-8-21-11)22-16-9-14(18-12(2)23-27-13(18)3)10-17-19(16)25(5)20(26)24(17)4;1-10-15(6-5-7-20-10)25-16-9-13(17-11(2)22-26-12(17)3)8-14-18(16)23(4)19(24)21-14;1-7-12(8(2)20-16-7)9-5-10(15)13-11(6-9)17(3)14(19)18(13)4;1-5-6(8)3-2-4-7-5;3-2(4,5)1-6/h6-10,22H,1-5H3;5-9H,1-4H3,(H,21,24);5-6H,1-4H3;2-4,8H,1H3;1H. The average Bonchev–Trinajstić information content (AvgIpc) is 1.71. The third kappa shape index (κ3) is 13.2. The molecule has 3 aromatic carbocycles. The maximum atomic E-state index is 12.5. The molecule has 9 aromatic heterocycles. The Kier molecular flexibility index (Phi) is 18.5. The monoisotopic (exact) mass is 1260 g/mol. The zero-order valence-electron chi connectivity index (χ0n) is 49.9. The number of ether oxygens (including phenoxy) is 1. The van der Waals surface area contributed by atoms with Crippen molar-refractivity contribution in [2.45, 2.75) is 68.5 Å². The van der Waals surface area contributed by atoms with Crippen molar-refractivity contribution in [3.05, 3.63) is 179 Å². The topological polar surface area (TPSA) is 267 Å². The zero-order chi connectivity index (χ0) is 63.5. The highest BCUT2D eigenvalue weighted by Gasteiger charge is 2.25. The Hall–Kier alpha value is -10.1. The number of carbonyl (C=O) groups excluding carboxylic acids is 1. The third-order valence-corrected chi connectivity index (χ3v) is 14.8. The minimum absolute atomic E-state index is 0.0448. The summed E-state index contributed by atoms with van der Waals surface area (Å²) in [4.78, 5) is 60.7. The number of alkyl halides is 3. The van der Waals surface area contributed by atoms with Gasteiger partial charge in [-0.2, -0.15) is 13.2 Å². The van der Waals surface area contributed by atoms with Crippen LogP contribution in [0.1, 0.15) is 51.4 Å². The minimum atomic E-state index is -4.64. The number of aromatic hydroxyl groups is 1. The van der Waals surface area contributed by atoms with Gasteiger partial charge in [-0.3, -0.25) is 42.6 Å². The molecule has 452 valence electrons. The van der Waals surface area contributed by atoms with Gasteiger partial charge in [0.25, 0.3) is 0 Å². The van der Waals surface area contributed by atoms with Crippen LogP contribution in [0.15, 0.2) is 124 Å². The second-order valence-corrected chi connectivity index (χ2v) is 21.0. The molecular formula is C61H61BrF3N13O9. The summed E-state index contributed by atoms with van der Waals surface area (Å²) in [5.74, 6) is 3.69. The van der Waals surface area contributed by atoms with Crippen LogP contribution in [0.2, 0.25) is 0 Å². The van der Waals surface area contributed by atoms with E-state index in [9.17, 15) is 27.6 Å². The van der Waals surface area contributed by atoms with Crippen LogP contribution in [0, 0.1) is 62.3 Å². The zero-order valence-corrected chi connectivity index (χ0v) is 51.5. The molecule has 26 heteroatoms. The first kappa shape index (κ1) is 62.9. The van der Waals surface area contributed by atoms with Crippen molar-refractivity contribution >= 4 is 66.7 Å². The molecule has 9 heterocycles. The molecule has 0 saturated carbocycles. The predicted octanol–water partition coefficient (Wildman–Crippen LogP) is 12.0. The molecule has 0 spiro atoms. The van der Waals surface area contributed by atoms with Crippen molar-refractivity contribution in [3.63, 3.8) is 0 Å². The molecular weight excluding hydrogens is 1200 g/mol. The SMILES string of the molecule is Cc1ncccc1Nc1cc(-c2c(C)noc2C)cc2c1n(C)c(=O)n2C.Cc1ncccc1O.Cc1ncccc1Oc1cc(-c2c(C)noc2C)cc2[nH]c(=O)n(C)c12.Cc1noc(C)c1-c1cc(Br)c2c(c1)n(C)c(=O)n2C.O=CC(F)(F)F. The van der Waals surface area contributed by atoms with E-state index in [0.717, 1.165) is 111 Å². The highest BCUT2D eigenvalue weighted by Crippen LogP contribution is 2.39. The van der Waals surface area contributed by atoms with E-state index >= 15 is 0 Å². The Morgan fingerprint density at radius 3 is 1.47 bits per heavy atom. The first-order valence-electron chi connectivity index (χ1n) is 26.6. The lowest BCUT2D eigenvalue weighted by Crippen LogP contribution is -2.19. The summed E-state index contributed by atoms with van der Waals surface area (Å²) in [5, 5.41) is 24.4. The van der Waals surface area contributed by atoms with Gasteiger partial charge in [-0.1, -0.05) is 15.5 Å². The van der Waals surface area contributed by atoms with Crippen LogP contribution in [0.25, 0.3) is 66.5 Å². The van der Waals surface area contributed by atoms with E-state index in [1.807, 2.05) is 116 Å². The van der Waals surface area contributed by atoms with Gasteiger partial charge in [0.05, 0.1) is 73.1 Å². The van der Waals surface area contributed by atoms with E-state index in [-0.39, 0.29) is 22.8 Å². The van der Waals surface area contributed by atoms with Crippen LogP contribution < -0.4 is 27.1 Å². The van der Waals surface area contributed by atoms with Crippen LogP contribution in [-0.4, -0.2) is 75.8 Å². The van der Waals surface area contributed by atoms with Crippen molar-refractivity contribution in [1.82, 2.24) is 58.2 Å². The number of anilines is 2. The Morgan fingerprint density at radius 1 is 0.552 bits per heavy atom. The quantitative estimate of drug-likeness (QED) is 0.125. The molecule has 0 aliphatic carbocycles. The van der Waals surface area contributed by atoms with E-state index in [1.54, 1.807) is 91.2 Å². The molecule has 3 N–H and O–H groups in total. The summed E-state index contributed by atoms with van der Waals surface area (Å²) in [5.41, 5.74) is 16.6. The number of carbonyl (C=O) groups is 1. The number of rotatable bonds is 7. The number of hydrogen-bond donors (Lipinski definition) is 3. The number of H-pyrrole nitrogens is 1. The van der Waals surface area contributed by atoms with Crippen LogP contribution >= 0.6 is 15.9 Å². The average molecular weight is 1260 g/mol. The lowest BCUT2D eigenvalue weighted by molar-refractivity contribution is -0.156. The number of aldehydes is 1. The third-order valence-electron chi connectivity index (χ3n) is 14.2. The van der Waals surface area contributed by atoms with Gasteiger partial charge in [-0.25, -0.2) is 14.4 Å². The normalized spacial score (nSPS) is 11.1. The number of fused-ring (bicyclic) bond motifs is 3. The van der Waals surface area contributed by atoms with E-state index in [4.69, 9.17) is 28.2 Å². The van der Waals surface area contributed by atoms with E-state index < -0.39 is 12.5 Å². The summed E-state index contributed by atoms with van der Waals surface area (Å²) in [6.07, 6.45) is -0.583. The molecule has 0 bridgehead atoms. The first-order chi connectivity index (χ1) is 41.1. The number of aryl methyl sites for hydroxylation is 14. The van der Waals surface area contributed by atoms with Gasteiger partial charge < -0.3 is 33.7 Å². The van der Waals surface area contributed by atoms with Gasteiger partial charge in [-0.05, 0) is 168 Å². The Morgan fingerprint density at radius 2 is 1.01 bits per heavy atom. The Bertz CT molecular complexity index is 4650. The minimum Gasteiger partial charge on any atom is -0.506 e. The fourth-order valence-corrected chi connectivity index (χ4v) is 10.5. The maximum Gasteiger partial charge on any atom is 0.446 e. The molecule has 0 atom stereocenters. The van der Waals surface area contributed by atoms with Crippen molar-refractivity contribution in [1.29, 1.82) is 0 Å². The molecule has 0 aliphatic heterocycles. The number of aromatic amines is 1. The molecule has 12 aromatic rings. The molecule has 0 amide bonds. The lowest BCUT2D eigenvalue weighted by atomic mass is 10.0. The van der Waals surface area contributed by atoms with Crippen molar-refractivity contribution < 1.29 is 41.4 Å². The molecule has 0 radical (unpaired) electrons. The number of imidazole rings is 3.